The van der Waals surface area contributed by atoms with E-state index in [4.69, 9.17) is 0 Å². The topological polar surface area (TPSA) is 0 Å². The van der Waals surface area contributed by atoms with Crippen molar-refractivity contribution in [3.8, 4) is 0 Å². The first-order valence-electron chi connectivity index (χ1n) is 8.54. The second kappa shape index (κ2) is 4.21. The van der Waals surface area contributed by atoms with E-state index in [1.807, 2.05) is 0 Å². The Morgan fingerprint density at radius 1 is 1.10 bits per heavy atom. The van der Waals surface area contributed by atoms with Crippen molar-refractivity contribution >= 4 is 0 Å². The van der Waals surface area contributed by atoms with Crippen LogP contribution >= 0.6 is 0 Å². The Morgan fingerprint density at radius 3 is 2.80 bits per heavy atom. The van der Waals surface area contributed by atoms with Crippen LogP contribution < -0.4 is 0 Å². The number of halogens is 1. The van der Waals surface area contributed by atoms with Crippen molar-refractivity contribution in [2.24, 2.45) is 28.6 Å². The molecule has 0 aromatic carbocycles. The van der Waals surface area contributed by atoms with Gasteiger partial charge in [-0.05, 0) is 67.1 Å². The summed E-state index contributed by atoms with van der Waals surface area (Å²) in [6, 6.07) is 0. The molecular formula is C19H27F. The van der Waals surface area contributed by atoms with Gasteiger partial charge in [-0.15, -0.1) is 0 Å². The van der Waals surface area contributed by atoms with Crippen LogP contribution in [0, 0.1) is 28.6 Å². The van der Waals surface area contributed by atoms with Crippen LogP contribution in [-0.4, -0.2) is 6.17 Å². The molecule has 4 aliphatic rings. The molecule has 0 nitrogen and oxygen atoms in total. The maximum atomic E-state index is 13.8. The van der Waals surface area contributed by atoms with Crippen LogP contribution in [0.4, 0.5) is 4.39 Å². The van der Waals surface area contributed by atoms with Gasteiger partial charge in [0.05, 0.1) is 0 Å². The van der Waals surface area contributed by atoms with Gasteiger partial charge in [0.15, 0.2) is 0 Å². The predicted molar refractivity (Wildman–Crippen MR) is 81.1 cm³/mol. The van der Waals surface area contributed by atoms with Gasteiger partial charge in [-0.25, -0.2) is 4.39 Å². The first-order valence-corrected chi connectivity index (χ1v) is 8.54. The quantitative estimate of drug-likeness (QED) is 0.515. The number of rotatable bonds is 0. The molecule has 0 N–H and O–H groups in total. The zero-order valence-corrected chi connectivity index (χ0v) is 12.9. The SMILES string of the molecule is C[C@@]12C=CC[C@H]1[C@@H]1CC=C3C[C@@H](F)CC[C@]3(C)[C@H]1CC2. The Kier molecular flexibility index (Phi) is 2.76. The van der Waals surface area contributed by atoms with E-state index >= 15 is 0 Å². The molecule has 0 aliphatic heterocycles. The average molecular weight is 274 g/mol. The predicted octanol–water partition coefficient (Wildman–Crippen LogP) is 5.45. The monoisotopic (exact) mass is 274 g/mol. The molecule has 1 heteroatoms. The van der Waals surface area contributed by atoms with Crippen molar-refractivity contribution in [2.45, 2.75) is 65.0 Å². The third-order valence-electron chi connectivity index (χ3n) is 7.37. The summed E-state index contributed by atoms with van der Waals surface area (Å²) in [6.45, 7) is 4.92. The molecule has 0 unspecified atom stereocenters. The third kappa shape index (κ3) is 1.64. The third-order valence-corrected chi connectivity index (χ3v) is 7.37. The Labute approximate surface area is 122 Å². The summed E-state index contributed by atoms with van der Waals surface area (Å²) >= 11 is 0. The van der Waals surface area contributed by atoms with Gasteiger partial charge in [-0.2, -0.15) is 0 Å². The maximum Gasteiger partial charge on any atom is 0.104 e. The normalized spacial score (nSPS) is 53.9. The van der Waals surface area contributed by atoms with Gasteiger partial charge in [-0.1, -0.05) is 37.6 Å². The van der Waals surface area contributed by atoms with Crippen LogP contribution in [0.5, 0.6) is 0 Å². The lowest BCUT2D eigenvalue weighted by Gasteiger charge is -2.57. The minimum Gasteiger partial charge on any atom is -0.247 e. The van der Waals surface area contributed by atoms with Crippen molar-refractivity contribution < 1.29 is 4.39 Å². The zero-order valence-electron chi connectivity index (χ0n) is 12.9. The van der Waals surface area contributed by atoms with Crippen LogP contribution in [0.2, 0.25) is 0 Å². The van der Waals surface area contributed by atoms with E-state index in [9.17, 15) is 4.39 Å². The lowest BCUT2D eigenvalue weighted by Crippen LogP contribution is -2.49. The van der Waals surface area contributed by atoms with Crippen molar-refractivity contribution in [3.63, 3.8) is 0 Å². The molecule has 6 atom stereocenters. The summed E-state index contributed by atoms with van der Waals surface area (Å²) in [5.74, 6) is 2.50. The summed E-state index contributed by atoms with van der Waals surface area (Å²) in [5, 5.41) is 0. The van der Waals surface area contributed by atoms with Crippen molar-refractivity contribution in [2.75, 3.05) is 0 Å². The molecule has 4 rings (SSSR count). The molecule has 0 aromatic rings. The average Bonchev–Trinajstić information content (AvgIpc) is 2.81. The van der Waals surface area contributed by atoms with Gasteiger partial charge in [0.2, 0.25) is 0 Å². The maximum absolute atomic E-state index is 13.8. The van der Waals surface area contributed by atoms with E-state index in [1.165, 1.54) is 31.3 Å². The molecule has 0 aromatic heterocycles. The molecule has 2 fully saturated rings. The Morgan fingerprint density at radius 2 is 1.95 bits per heavy atom. The molecule has 0 bridgehead atoms. The highest BCUT2D eigenvalue weighted by Crippen LogP contribution is 2.63. The minimum absolute atomic E-state index is 0.315. The molecule has 110 valence electrons. The van der Waals surface area contributed by atoms with Crippen LogP contribution in [0.25, 0.3) is 0 Å². The summed E-state index contributed by atoms with van der Waals surface area (Å²) in [5.41, 5.74) is 2.24. The standard InChI is InChI=1S/C19H27F/c1-18-9-3-4-16(18)15-6-5-13-12-14(20)7-11-19(13,2)17(15)8-10-18/h3,5,9,14-17H,4,6-8,10-12H2,1-2H3/t14-,15-,16-,17-,18-,19-/m0/s1. The minimum atomic E-state index is -0.576. The summed E-state index contributed by atoms with van der Waals surface area (Å²) in [6.07, 6.45) is 14.6. The molecule has 0 heterocycles. The second-order valence-corrected chi connectivity index (χ2v) is 8.28. The Balaban J connectivity index is 1.68. The van der Waals surface area contributed by atoms with Gasteiger partial charge >= 0.3 is 0 Å². The molecule has 2 saturated carbocycles. The van der Waals surface area contributed by atoms with Gasteiger partial charge in [-0.3, -0.25) is 0 Å². The number of alkyl halides is 1. The van der Waals surface area contributed by atoms with E-state index in [0.717, 1.165) is 37.0 Å². The van der Waals surface area contributed by atoms with Crippen molar-refractivity contribution in [3.05, 3.63) is 23.8 Å². The number of hydrogen-bond acceptors (Lipinski definition) is 0. The summed E-state index contributed by atoms with van der Waals surface area (Å²) in [7, 11) is 0. The molecule has 0 spiro atoms. The van der Waals surface area contributed by atoms with Gasteiger partial charge in [0.25, 0.3) is 0 Å². The first-order chi connectivity index (χ1) is 9.53. The fourth-order valence-corrected chi connectivity index (χ4v) is 6.10. The van der Waals surface area contributed by atoms with Crippen LogP contribution in [0.15, 0.2) is 23.8 Å². The van der Waals surface area contributed by atoms with Crippen molar-refractivity contribution in [1.82, 2.24) is 0 Å². The highest BCUT2D eigenvalue weighted by atomic mass is 19.1. The number of fused-ring (bicyclic) bond motifs is 5. The molecule has 0 amide bonds. The van der Waals surface area contributed by atoms with Crippen molar-refractivity contribution in [1.29, 1.82) is 0 Å². The largest absolute Gasteiger partial charge is 0.247 e. The van der Waals surface area contributed by atoms with Gasteiger partial charge < -0.3 is 0 Å². The molecular weight excluding hydrogens is 247 g/mol. The van der Waals surface area contributed by atoms with E-state index in [0.29, 0.717) is 10.8 Å². The highest BCUT2D eigenvalue weighted by molar-refractivity contribution is 5.26. The molecule has 4 aliphatic carbocycles. The van der Waals surface area contributed by atoms with Gasteiger partial charge in [0, 0.05) is 6.42 Å². The molecule has 20 heavy (non-hydrogen) atoms. The highest BCUT2D eigenvalue weighted by Gasteiger charge is 2.54. The van der Waals surface area contributed by atoms with Crippen LogP contribution in [0.1, 0.15) is 58.8 Å². The Bertz CT molecular complexity index is 476. The van der Waals surface area contributed by atoms with Crippen LogP contribution in [0.3, 0.4) is 0 Å². The fourth-order valence-electron chi connectivity index (χ4n) is 6.10. The first kappa shape index (κ1) is 13.1. The fraction of sp³-hybridized carbons (Fsp3) is 0.789. The van der Waals surface area contributed by atoms with E-state index in [-0.39, 0.29) is 0 Å². The van der Waals surface area contributed by atoms with Gasteiger partial charge in [0.1, 0.15) is 6.17 Å². The lowest BCUT2D eigenvalue weighted by atomic mass is 9.48. The van der Waals surface area contributed by atoms with E-state index in [1.54, 1.807) is 0 Å². The summed E-state index contributed by atoms with van der Waals surface area (Å²) < 4.78 is 13.8. The Hall–Kier alpha value is -0.590. The number of hydrogen-bond donors (Lipinski definition) is 0. The summed E-state index contributed by atoms with van der Waals surface area (Å²) in [4.78, 5) is 0. The lowest BCUT2D eigenvalue weighted by molar-refractivity contribution is -0.0194. The molecule has 0 radical (unpaired) electrons. The number of allylic oxidation sites excluding steroid dienone is 4. The van der Waals surface area contributed by atoms with E-state index < -0.39 is 6.17 Å². The molecule has 0 saturated heterocycles. The zero-order chi connectivity index (χ0) is 14.0. The second-order valence-electron chi connectivity index (χ2n) is 8.28. The van der Waals surface area contributed by atoms with E-state index in [2.05, 4.69) is 32.1 Å². The van der Waals surface area contributed by atoms with Crippen LogP contribution in [-0.2, 0) is 0 Å². The smallest absolute Gasteiger partial charge is 0.104 e.